The first-order chi connectivity index (χ1) is 16.7. The molecule has 0 heterocycles. The molecule has 0 fully saturated rings. The van der Waals surface area contributed by atoms with Gasteiger partial charge in [-0.3, -0.25) is 14.9 Å². The number of hydrogen-bond donors (Lipinski definition) is 3. The molecule has 0 radical (unpaired) electrons. The summed E-state index contributed by atoms with van der Waals surface area (Å²) in [5.74, 6) is -0.638. The lowest BCUT2D eigenvalue weighted by molar-refractivity contribution is -0.137. The van der Waals surface area contributed by atoms with E-state index in [4.69, 9.17) is 17.0 Å². The van der Waals surface area contributed by atoms with Gasteiger partial charge in [0.25, 0.3) is 11.8 Å². The lowest BCUT2D eigenvalue weighted by Crippen LogP contribution is -2.34. The van der Waals surface area contributed by atoms with Crippen molar-refractivity contribution in [2.24, 2.45) is 0 Å². The monoisotopic (exact) mass is 501 g/mol. The molecule has 10 heteroatoms. The van der Waals surface area contributed by atoms with Crippen molar-refractivity contribution in [3.8, 4) is 5.75 Å². The highest BCUT2D eigenvalue weighted by molar-refractivity contribution is 7.80. The highest BCUT2D eigenvalue weighted by atomic mass is 32.1. The van der Waals surface area contributed by atoms with Crippen molar-refractivity contribution in [2.75, 3.05) is 17.2 Å². The zero-order chi connectivity index (χ0) is 25.4. The Morgan fingerprint density at radius 3 is 2.29 bits per heavy atom. The third kappa shape index (κ3) is 7.28. The Morgan fingerprint density at radius 2 is 1.57 bits per heavy atom. The van der Waals surface area contributed by atoms with Crippen molar-refractivity contribution < 1.29 is 27.5 Å². The molecule has 3 rings (SSSR count). The Bertz CT molecular complexity index is 1230. The Labute approximate surface area is 205 Å². The van der Waals surface area contributed by atoms with Crippen LogP contribution in [0.25, 0.3) is 0 Å². The molecule has 0 bridgehead atoms. The van der Waals surface area contributed by atoms with E-state index in [1.165, 1.54) is 24.3 Å². The van der Waals surface area contributed by atoms with Crippen LogP contribution in [-0.4, -0.2) is 23.5 Å². The minimum absolute atomic E-state index is 0.00395. The van der Waals surface area contributed by atoms with Gasteiger partial charge < -0.3 is 15.4 Å². The van der Waals surface area contributed by atoms with Crippen LogP contribution in [0.3, 0.4) is 0 Å². The van der Waals surface area contributed by atoms with Gasteiger partial charge in [0.1, 0.15) is 5.75 Å². The first-order valence-electron chi connectivity index (χ1n) is 10.6. The molecule has 2 amide bonds. The molecule has 182 valence electrons. The number of carbonyl (C=O) groups is 2. The van der Waals surface area contributed by atoms with Crippen molar-refractivity contribution >= 4 is 40.5 Å². The molecule has 0 saturated heterocycles. The van der Waals surface area contributed by atoms with Crippen molar-refractivity contribution in [3.63, 3.8) is 0 Å². The predicted octanol–water partition coefficient (Wildman–Crippen LogP) is 5.87. The van der Waals surface area contributed by atoms with E-state index in [0.717, 1.165) is 18.6 Å². The Hall–Kier alpha value is -3.92. The number of halogens is 3. The van der Waals surface area contributed by atoms with Gasteiger partial charge in [-0.15, -0.1) is 0 Å². The van der Waals surface area contributed by atoms with Gasteiger partial charge in [0, 0.05) is 16.9 Å². The Balaban J connectivity index is 1.65. The van der Waals surface area contributed by atoms with Crippen LogP contribution in [0.5, 0.6) is 5.75 Å². The molecule has 0 aliphatic heterocycles. The SMILES string of the molecule is CCCOc1ccccc1C(=O)NC(=S)Nc1cccc(C(=O)Nc2cccc(C(F)(F)F)c2)c1. The van der Waals surface area contributed by atoms with Gasteiger partial charge in [-0.25, -0.2) is 0 Å². The van der Waals surface area contributed by atoms with E-state index in [1.807, 2.05) is 6.92 Å². The molecule has 0 aromatic heterocycles. The predicted molar refractivity (Wildman–Crippen MR) is 132 cm³/mol. The standard InChI is InChI=1S/C25H22F3N3O3S/c1-2-13-34-21-12-4-3-11-20(21)23(33)31-24(35)30-18-9-5-7-16(14-18)22(32)29-19-10-6-8-17(15-19)25(26,27)28/h3-12,14-15H,2,13H2,1H3,(H,29,32)(H2,30,31,33,35). The first-order valence-corrected chi connectivity index (χ1v) is 11.0. The minimum Gasteiger partial charge on any atom is -0.493 e. The summed E-state index contributed by atoms with van der Waals surface area (Å²) in [6.45, 7) is 2.41. The van der Waals surface area contributed by atoms with Crippen LogP contribution < -0.4 is 20.7 Å². The summed E-state index contributed by atoms with van der Waals surface area (Å²) in [6.07, 6.45) is -3.74. The molecule has 35 heavy (non-hydrogen) atoms. The van der Waals surface area contributed by atoms with Gasteiger partial charge in [0.05, 0.1) is 17.7 Å². The average Bonchev–Trinajstić information content (AvgIpc) is 2.82. The maximum Gasteiger partial charge on any atom is 0.416 e. The summed E-state index contributed by atoms with van der Waals surface area (Å²) in [5, 5.41) is 7.83. The number of ether oxygens (including phenoxy) is 1. The van der Waals surface area contributed by atoms with Crippen LogP contribution in [0.4, 0.5) is 24.5 Å². The fourth-order valence-electron chi connectivity index (χ4n) is 3.04. The van der Waals surface area contributed by atoms with E-state index >= 15 is 0 Å². The van der Waals surface area contributed by atoms with E-state index < -0.39 is 23.6 Å². The number of amides is 2. The highest BCUT2D eigenvalue weighted by Crippen LogP contribution is 2.30. The number of hydrogen-bond acceptors (Lipinski definition) is 4. The van der Waals surface area contributed by atoms with Gasteiger partial charge >= 0.3 is 6.18 Å². The number of alkyl halides is 3. The summed E-state index contributed by atoms with van der Waals surface area (Å²) in [4.78, 5) is 25.2. The molecule has 3 N–H and O–H groups in total. The number of carbonyl (C=O) groups excluding carboxylic acids is 2. The molecule has 0 unspecified atom stereocenters. The van der Waals surface area contributed by atoms with Gasteiger partial charge in [0.2, 0.25) is 0 Å². The number of rotatable bonds is 7. The second kappa shape index (κ2) is 11.5. The van der Waals surface area contributed by atoms with Gasteiger partial charge in [-0.05, 0) is 67.2 Å². The van der Waals surface area contributed by atoms with Gasteiger partial charge in [0.15, 0.2) is 5.11 Å². The first kappa shape index (κ1) is 25.7. The van der Waals surface area contributed by atoms with Gasteiger partial charge in [-0.1, -0.05) is 31.2 Å². The van der Waals surface area contributed by atoms with Crippen LogP contribution in [0.2, 0.25) is 0 Å². The maximum atomic E-state index is 12.9. The molecular weight excluding hydrogens is 479 g/mol. The lowest BCUT2D eigenvalue weighted by atomic mass is 10.1. The molecule has 0 aliphatic carbocycles. The van der Waals surface area contributed by atoms with Crippen molar-refractivity contribution in [3.05, 3.63) is 89.5 Å². The van der Waals surface area contributed by atoms with Crippen molar-refractivity contribution in [1.29, 1.82) is 0 Å². The van der Waals surface area contributed by atoms with E-state index in [9.17, 15) is 22.8 Å². The normalized spacial score (nSPS) is 10.9. The topological polar surface area (TPSA) is 79.5 Å². The summed E-state index contributed by atoms with van der Waals surface area (Å²) in [7, 11) is 0. The fraction of sp³-hybridized carbons (Fsp3) is 0.160. The zero-order valence-electron chi connectivity index (χ0n) is 18.6. The van der Waals surface area contributed by atoms with E-state index in [1.54, 1.807) is 36.4 Å². The molecule has 3 aromatic rings. The Morgan fingerprint density at radius 1 is 0.886 bits per heavy atom. The quantitative estimate of drug-likeness (QED) is 0.353. The Kier molecular flexibility index (Phi) is 8.43. The van der Waals surface area contributed by atoms with Crippen LogP contribution >= 0.6 is 12.2 Å². The number of benzene rings is 3. The summed E-state index contributed by atoms with van der Waals surface area (Å²) in [5.41, 5.74) is 0.0464. The second-order valence-corrected chi connectivity index (χ2v) is 7.77. The molecule has 0 aliphatic rings. The second-order valence-electron chi connectivity index (χ2n) is 7.37. The summed E-state index contributed by atoms with van der Waals surface area (Å²) < 4.78 is 44.3. The average molecular weight is 502 g/mol. The highest BCUT2D eigenvalue weighted by Gasteiger charge is 2.30. The van der Waals surface area contributed by atoms with Crippen LogP contribution in [0.1, 0.15) is 39.6 Å². The largest absolute Gasteiger partial charge is 0.493 e. The smallest absolute Gasteiger partial charge is 0.416 e. The van der Waals surface area contributed by atoms with E-state index in [2.05, 4.69) is 16.0 Å². The van der Waals surface area contributed by atoms with Crippen LogP contribution in [0.15, 0.2) is 72.8 Å². The fourth-order valence-corrected chi connectivity index (χ4v) is 3.25. The summed E-state index contributed by atoms with van der Waals surface area (Å²) >= 11 is 5.22. The zero-order valence-corrected chi connectivity index (χ0v) is 19.4. The third-order valence-electron chi connectivity index (χ3n) is 4.65. The van der Waals surface area contributed by atoms with Crippen LogP contribution in [0, 0.1) is 0 Å². The number of para-hydroxylation sites is 1. The molecule has 0 atom stereocenters. The third-order valence-corrected chi connectivity index (χ3v) is 4.85. The van der Waals surface area contributed by atoms with Crippen molar-refractivity contribution in [2.45, 2.75) is 19.5 Å². The number of thiocarbonyl (C=S) groups is 1. The van der Waals surface area contributed by atoms with Crippen LogP contribution in [-0.2, 0) is 6.18 Å². The molecule has 3 aromatic carbocycles. The van der Waals surface area contributed by atoms with E-state index in [0.29, 0.717) is 23.6 Å². The van der Waals surface area contributed by atoms with Crippen molar-refractivity contribution in [1.82, 2.24) is 5.32 Å². The van der Waals surface area contributed by atoms with E-state index in [-0.39, 0.29) is 16.4 Å². The number of nitrogens with one attached hydrogen (secondary N) is 3. The molecule has 0 saturated carbocycles. The summed E-state index contributed by atoms with van der Waals surface area (Å²) in [6, 6.07) is 17.3. The molecule has 6 nitrogen and oxygen atoms in total. The van der Waals surface area contributed by atoms with Gasteiger partial charge in [-0.2, -0.15) is 13.2 Å². The molecule has 0 spiro atoms. The lowest BCUT2D eigenvalue weighted by Gasteiger charge is -2.13. The maximum absolute atomic E-state index is 12.9. The molecular formula is C25H22F3N3O3S. The number of anilines is 2. The minimum atomic E-state index is -4.52.